The van der Waals surface area contributed by atoms with Crippen molar-refractivity contribution in [1.82, 2.24) is 24.7 Å². The van der Waals surface area contributed by atoms with Gasteiger partial charge in [-0.25, -0.2) is 14.4 Å². The lowest BCUT2D eigenvalue weighted by molar-refractivity contribution is 0.629. The standard InChI is InChI=1S/C16H12FN5S2/c1-2-22-14(13-4-3-7-23-13)20-21-16(22)24-15-11-8-10(17)5-6-12(11)18-9-19-15/h3-9H,2H2,1H3. The van der Waals surface area contributed by atoms with Crippen LogP contribution in [0.2, 0.25) is 0 Å². The van der Waals surface area contributed by atoms with Crippen molar-refractivity contribution in [3.8, 4) is 10.7 Å². The minimum atomic E-state index is -0.310. The van der Waals surface area contributed by atoms with Crippen LogP contribution < -0.4 is 0 Å². The van der Waals surface area contributed by atoms with E-state index >= 15 is 0 Å². The molecule has 0 fully saturated rings. The topological polar surface area (TPSA) is 56.5 Å². The summed E-state index contributed by atoms with van der Waals surface area (Å²) in [5, 5.41) is 12.7. The van der Waals surface area contributed by atoms with Crippen molar-refractivity contribution in [1.29, 1.82) is 0 Å². The van der Waals surface area contributed by atoms with Crippen LogP contribution in [0.5, 0.6) is 0 Å². The smallest absolute Gasteiger partial charge is 0.197 e. The molecule has 0 amide bonds. The molecule has 3 aromatic heterocycles. The van der Waals surface area contributed by atoms with Crippen LogP contribution >= 0.6 is 23.1 Å². The normalized spacial score (nSPS) is 11.2. The highest BCUT2D eigenvalue weighted by atomic mass is 32.2. The van der Waals surface area contributed by atoms with Gasteiger partial charge < -0.3 is 4.57 Å². The second-order valence-corrected chi connectivity index (χ2v) is 6.87. The summed E-state index contributed by atoms with van der Waals surface area (Å²) in [6.45, 7) is 2.78. The van der Waals surface area contributed by atoms with Crippen molar-refractivity contribution in [3.63, 3.8) is 0 Å². The molecule has 1 aromatic carbocycles. The zero-order valence-electron chi connectivity index (χ0n) is 12.7. The summed E-state index contributed by atoms with van der Waals surface area (Å²) in [5.74, 6) is 0.523. The summed E-state index contributed by atoms with van der Waals surface area (Å²) < 4.78 is 15.6. The highest BCUT2D eigenvalue weighted by Crippen LogP contribution is 2.33. The average molecular weight is 357 g/mol. The molecule has 0 radical (unpaired) electrons. The Bertz CT molecular complexity index is 997. The molecule has 0 spiro atoms. The van der Waals surface area contributed by atoms with E-state index in [9.17, 15) is 4.39 Å². The molecule has 120 valence electrons. The number of hydrogen-bond acceptors (Lipinski definition) is 6. The van der Waals surface area contributed by atoms with Gasteiger partial charge in [0, 0.05) is 11.9 Å². The number of nitrogens with zero attached hydrogens (tertiary/aromatic N) is 5. The van der Waals surface area contributed by atoms with Gasteiger partial charge in [0.2, 0.25) is 0 Å². The fourth-order valence-electron chi connectivity index (χ4n) is 2.41. The van der Waals surface area contributed by atoms with Crippen LogP contribution in [0.1, 0.15) is 6.92 Å². The van der Waals surface area contributed by atoms with E-state index in [1.165, 1.54) is 30.2 Å². The van der Waals surface area contributed by atoms with Gasteiger partial charge in [-0.3, -0.25) is 0 Å². The van der Waals surface area contributed by atoms with Crippen molar-refractivity contribution < 1.29 is 4.39 Å². The van der Waals surface area contributed by atoms with Crippen molar-refractivity contribution in [3.05, 3.63) is 47.9 Å². The molecule has 0 N–H and O–H groups in total. The van der Waals surface area contributed by atoms with E-state index in [1.54, 1.807) is 17.4 Å². The second kappa shape index (κ2) is 6.29. The molecule has 0 bridgehead atoms. The highest BCUT2D eigenvalue weighted by molar-refractivity contribution is 7.99. The summed E-state index contributed by atoms with van der Waals surface area (Å²) >= 11 is 2.99. The highest BCUT2D eigenvalue weighted by Gasteiger charge is 2.16. The van der Waals surface area contributed by atoms with Gasteiger partial charge in [0.1, 0.15) is 17.2 Å². The fourth-order valence-corrected chi connectivity index (χ4v) is 4.08. The first-order valence-corrected chi connectivity index (χ1v) is 9.01. The Morgan fingerprint density at radius 1 is 1.21 bits per heavy atom. The first kappa shape index (κ1) is 15.2. The minimum Gasteiger partial charge on any atom is -0.301 e. The van der Waals surface area contributed by atoms with Crippen molar-refractivity contribution >= 4 is 34.0 Å². The summed E-state index contributed by atoms with van der Waals surface area (Å²) in [4.78, 5) is 9.54. The first-order valence-electron chi connectivity index (χ1n) is 7.31. The lowest BCUT2D eigenvalue weighted by atomic mass is 10.2. The minimum absolute atomic E-state index is 0.310. The molecule has 3 heterocycles. The van der Waals surface area contributed by atoms with E-state index in [4.69, 9.17) is 0 Å². The third kappa shape index (κ3) is 2.67. The van der Waals surface area contributed by atoms with Gasteiger partial charge in [-0.2, -0.15) is 0 Å². The molecule has 0 aliphatic heterocycles. The summed E-state index contributed by atoms with van der Waals surface area (Å²) in [6, 6.07) is 8.50. The number of fused-ring (bicyclic) bond motifs is 1. The van der Waals surface area contributed by atoms with Crippen LogP contribution in [-0.2, 0) is 6.54 Å². The van der Waals surface area contributed by atoms with Crippen molar-refractivity contribution in [2.45, 2.75) is 23.7 Å². The molecule has 0 atom stereocenters. The Balaban J connectivity index is 1.78. The Morgan fingerprint density at radius 2 is 2.12 bits per heavy atom. The Morgan fingerprint density at radius 3 is 2.92 bits per heavy atom. The predicted molar refractivity (Wildman–Crippen MR) is 92.6 cm³/mol. The molecular weight excluding hydrogens is 345 g/mol. The molecule has 0 aliphatic rings. The van der Waals surface area contributed by atoms with Gasteiger partial charge in [0.05, 0.1) is 10.4 Å². The van der Waals surface area contributed by atoms with Gasteiger partial charge in [-0.15, -0.1) is 21.5 Å². The van der Waals surface area contributed by atoms with Crippen LogP contribution in [0.4, 0.5) is 4.39 Å². The fraction of sp³-hybridized carbons (Fsp3) is 0.125. The lowest BCUT2D eigenvalue weighted by Crippen LogP contribution is -1.99. The SMILES string of the molecule is CCn1c(Sc2ncnc3ccc(F)cc23)nnc1-c1cccs1. The van der Waals surface area contributed by atoms with Gasteiger partial charge in [0.25, 0.3) is 0 Å². The average Bonchev–Trinajstić information content (AvgIpc) is 3.24. The second-order valence-electron chi connectivity index (χ2n) is 4.97. The summed E-state index contributed by atoms with van der Waals surface area (Å²) in [6.07, 6.45) is 1.48. The third-order valence-corrected chi connectivity index (χ3v) is 5.39. The number of rotatable bonds is 4. The van der Waals surface area contributed by atoms with Crippen molar-refractivity contribution in [2.24, 2.45) is 0 Å². The van der Waals surface area contributed by atoms with E-state index in [2.05, 4.69) is 20.2 Å². The number of hydrogen-bond donors (Lipinski definition) is 0. The Kier molecular flexibility index (Phi) is 3.99. The van der Waals surface area contributed by atoms with Crippen LogP contribution in [0.25, 0.3) is 21.6 Å². The van der Waals surface area contributed by atoms with Crippen LogP contribution in [-0.4, -0.2) is 24.7 Å². The molecule has 0 unspecified atom stereocenters. The summed E-state index contributed by atoms with van der Waals surface area (Å²) in [7, 11) is 0. The molecule has 4 aromatic rings. The molecule has 5 nitrogen and oxygen atoms in total. The van der Waals surface area contributed by atoms with Gasteiger partial charge >= 0.3 is 0 Å². The van der Waals surface area contributed by atoms with E-state index < -0.39 is 0 Å². The van der Waals surface area contributed by atoms with Crippen molar-refractivity contribution in [2.75, 3.05) is 0 Å². The molecule has 4 rings (SSSR count). The Hall–Kier alpha value is -2.32. The number of aromatic nitrogens is 5. The zero-order valence-corrected chi connectivity index (χ0v) is 14.3. The molecule has 0 aliphatic carbocycles. The molecular formula is C16H12FN5S2. The maximum atomic E-state index is 13.6. The quantitative estimate of drug-likeness (QED) is 0.511. The van der Waals surface area contributed by atoms with Gasteiger partial charge in [-0.05, 0) is 48.3 Å². The van der Waals surface area contributed by atoms with E-state index in [1.807, 2.05) is 29.0 Å². The number of halogens is 1. The Labute approximate surface area is 145 Å². The maximum absolute atomic E-state index is 13.6. The summed E-state index contributed by atoms with van der Waals surface area (Å²) in [5.41, 5.74) is 0.704. The maximum Gasteiger partial charge on any atom is 0.197 e. The van der Waals surface area contributed by atoms with Crippen LogP contribution in [0.3, 0.4) is 0 Å². The van der Waals surface area contributed by atoms with Gasteiger partial charge in [0.15, 0.2) is 11.0 Å². The molecule has 8 heteroatoms. The van der Waals surface area contributed by atoms with Crippen LogP contribution in [0, 0.1) is 5.82 Å². The monoisotopic (exact) mass is 357 g/mol. The van der Waals surface area contributed by atoms with Crippen LogP contribution in [0.15, 0.2) is 52.2 Å². The predicted octanol–water partition coefficient (Wildman–Crippen LogP) is 4.26. The number of thiophene rings is 1. The van der Waals surface area contributed by atoms with E-state index in [0.29, 0.717) is 15.9 Å². The molecule has 0 saturated carbocycles. The largest absolute Gasteiger partial charge is 0.301 e. The first-order chi connectivity index (χ1) is 11.8. The lowest BCUT2D eigenvalue weighted by Gasteiger charge is -2.07. The van der Waals surface area contributed by atoms with E-state index in [0.717, 1.165) is 22.4 Å². The molecule has 0 saturated heterocycles. The zero-order chi connectivity index (χ0) is 16.5. The number of benzene rings is 1. The van der Waals surface area contributed by atoms with Gasteiger partial charge in [-0.1, -0.05) is 6.07 Å². The molecule has 24 heavy (non-hydrogen) atoms. The third-order valence-electron chi connectivity index (χ3n) is 3.52. The van der Waals surface area contributed by atoms with E-state index in [-0.39, 0.29) is 5.82 Å².